The summed E-state index contributed by atoms with van der Waals surface area (Å²) in [5, 5.41) is 10.6. The van der Waals surface area contributed by atoms with E-state index in [-0.39, 0.29) is 0 Å². The van der Waals surface area contributed by atoms with E-state index in [1.165, 1.54) is 5.56 Å². The summed E-state index contributed by atoms with van der Waals surface area (Å²) in [6, 6.07) is 16.2. The van der Waals surface area contributed by atoms with Crippen molar-refractivity contribution in [3.63, 3.8) is 0 Å². The third-order valence-corrected chi connectivity index (χ3v) is 5.24. The summed E-state index contributed by atoms with van der Waals surface area (Å²) in [5.41, 5.74) is 4.66. The first-order valence-electron chi connectivity index (χ1n) is 9.07. The van der Waals surface area contributed by atoms with Gasteiger partial charge in [0, 0.05) is 11.4 Å². The third kappa shape index (κ3) is 2.92. The summed E-state index contributed by atoms with van der Waals surface area (Å²) in [6.07, 6.45) is 5.13. The van der Waals surface area contributed by atoms with Crippen LogP contribution in [-0.2, 0) is 12.8 Å². The molecule has 0 spiro atoms. The lowest BCUT2D eigenvalue weighted by atomic mass is 10.1. The van der Waals surface area contributed by atoms with Gasteiger partial charge in [0.2, 0.25) is 0 Å². The van der Waals surface area contributed by atoms with Crippen LogP contribution in [0.3, 0.4) is 0 Å². The first kappa shape index (κ1) is 16.9. The predicted octanol–water partition coefficient (Wildman–Crippen LogP) is 4.21. The number of benzene rings is 2. The number of hydrogen-bond donors (Lipinski definition) is 0. The minimum Gasteiger partial charge on any atom is -0.216 e. The minimum absolute atomic E-state index is 0.702. The molecule has 0 aliphatic rings. The highest BCUT2D eigenvalue weighted by molar-refractivity contribution is 6.31. The maximum absolute atomic E-state index is 6.28. The summed E-state index contributed by atoms with van der Waals surface area (Å²) in [7, 11) is 0. The molecule has 0 N–H and O–H groups in total. The van der Waals surface area contributed by atoms with Gasteiger partial charge in [-0.3, -0.25) is 0 Å². The van der Waals surface area contributed by atoms with E-state index >= 15 is 0 Å². The molecule has 0 saturated heterocycles. The Morgan fingerprint density at radius 2 is 1.86 bits per heavy atom. The number of fused-ring (bicyclic) bond motifs is 3. The summed E-state index contributed by atoms with van der Waals surface area (Å²) < 4.78 is 3.50. The van der Waals surface area contributed by atoms with Crippen molar-refractivity contribution in [2.45, 2.75) is 19.8 Å². The summed E-state index contributed by atoms with van der Waals surface area (Å²) in [6.45, 7) is 1.97. The second-order valence-corrected chi connectivity index (χ2v) is 7.16. The second kappa shape index (κ2) is 6.73. The lowest BCUT2D eigenvalue weighted by Gasteiger charge is -2.05. The zero-order chi connectivity index (χ0) is 19.1. The molecule has 0 unspecified atom stereocenters. The molecule has 6 nitrogen and oxygen atoms in total. The van der Waals surface area contributed by atoms with Gasteiger partial charge in [0.1, 0.15) is 6.33 Å². The molecule has 0 fully saturated rings. The summed E-state index contributed by atoms with van der Waals surface area (Å²) >= 11 is 6.28. The molecule has 7 heteroatoms. The van der Waals surface area contributed by atoms with E-state index in [4.69, 9.17) is 16.6 Å². The first-order chi connectivity index (χ1) is 13.7. The Morgan fingerprint density at radius 3 is 2.68 bits per heavy atom. The Bertz CT molecular complexity index is 1290. The Morgan fingerprint density at radius 1 is 1.00 bits per heavy atom. The average molecular weight is 389 g/mol. The summed E-state index contributed by atoms with van der Waals surface area (Å²) in [5.74, 6) is 0.796. The molecule has 3 heterocycles. The summed E-state index contributed by atoms with van der Waals surface area (Å²) in [4.78, 5) is 9.27. The molecule has 0 amide bonds. The highest BCUT2D eigenvalue weighted by Gasteiger charge is 2.14. The van der Waals surface area contributed by atoms with Crippen molar-refractivity contribution >= 4 is 28.3 Å². The van der Waals surface area contributed by atoms with Crippen LogP contribution < -0.4 is 0 Å². The van der Waals surface area contributed by atoms with Crippen molar-refractivity contribution in [2.24, 2.45) is 0 Å². The number of hydrogen-bond acceptors (Lipinski definition) is 4. The standard InChI is InChI=1S/C21H17ClN6/c1-14-7-9-16(11-18(14)22)28-20-17(12-24-28)21-25-19(26-27(21)13-23-20)10-8-15-5-3-2-4-6-15/h2-7,9,11-13H,8,10H2,1H3. The van der Waals surface area contributed by atoms with Gasteiger partial charge in [-0.15, -0.1) is 5.10 Å². The molecule has 2 aromatic carbocycles. The fourth-order valence-corrected chi connectivity index (χ4v) is 3.45. The normalized spacial score (nSPS) is 11.5. The molecule has 0 saturated carbocycles. The average Bonchev–Trinajstić information content (AvgIpc) is 3.33. The van der Waals surface area contributed by atoms with Crippen molar-refractivity contribution < 1.29 is 0 Å². The van der Waals surface area contributed by atoms with Gasteiger partial charge in [-0.2, -0.15) is 5.10 Å². The van der Waals surface area contributed by atoms with Gasteiger partial charge < -0.3 is 0 Å². The van der Waals surface area contributed by atoms with Crippen LogP contribution in [0.2, 0.25) is 5.02 Å². The molecule has 28 heavy (non-hydrogen) atoms. The SMILES string of the molecule is Cc1ccc(-n2ncc3c2ncn2nc(CCc4ccccc4)nc32)cc1Cl. The van der Waals surface area contributed by atoms with Crippen molar-refractivity contribution in [1.82, 2.24) is 29.4 Å². The van der Waals surface area contributed by atoms with Crippen LogP contribution >= 0.6 is 11.6 Å². The number of halogens is 1. The van der Waals surface area contributed by atoms with E-state index in [9.17, 15) is 0 Å². The predicted molar refractivity (Wildman–Crippen MR) is 109 cm³/mol. The van der Waals surface area contributed by atoms with Crippen LogP contribution in [0.15, 0.2) is 61.1 Å². The zero-order valence-electron chi connectivity index (χ0n) is 15.2. The Labute approximate surface area is 166 Å². The molecule has 3 aromatic heterocycles. The quantitative estimate of drug-likeness (QED) is 0.462. The molecule has 138 valence electrons. The van der Waals surface area contributed by atoms with Crippen LogP contribution in [0.1, 0.15) is 17.0 Å². The monoisotopic (exact) mass is 388 g/mol. The largest absolute Gasteiger partial charge is 0.216 e. The van der Waals surface area contributed by atoms with Crippen molar-refractivity contribution in [3.05, 3.63) is 83.0 Å². The zero-order valence-corrected chi connectivity index (χ0v) is 16.0. The van der Waals surface area contributed by atoms with Gasteiger partial charge in [0.05, 0.1) is 17.3 Å². The molecular formula is C21H17ClN6. The molecule has 5 aromatic rings. The number of aromatic nitrogens is 6. The molecule has 0 bridgehead atoms. The molecule has 0 atom stereocenters. The molecule has 0 radical (unpaired) electrons. The van der Waals surface area contributed by atoms with E-state index in [2.05, 4.69) is 27.3 Å². The number of rotatable bonds is 4. The molecular weight excluding hydrogens is 372 g/mol. The molecule has 0 aliphatic heterocycles. The minimum atomic E-state index is 0.702. The fourth-order valence-electron chi connectivity index (χ4n) is 3.27. The van der Waals surface area contributed by atoms with E-state index in [0.29, 0.717) is 5.02 Å². The van der Waals surface area contributed by atoms with E-state index in [1.807, 2.05) is 43.3 Å². The van der Waals surface area contributed by atoms with E-state index < -0.39 is 0 Å². The van der Waals surface area contributed by atoms with Crippen molar-refractivity contribution in [2.75, 3.05) is 0 Å². The van der Waals surface area contributed by atoms with Gasteiger partial charge in [0.25, 0.3) is 0 Å². The Kier molecular flexibility index (Phi) is 4.06. The van der Waals surface area contributed by atoms with Crippen LogP contribution in [0, 0.1) is 6.92 Å². The topological polar surface area (TPSA) is 60.9 Å². The van der Waals surface area contributed by atoms with Crippen molar-refractivity contribution in [3.8, 4) is 5.69 Å². The number of aryl methyl sites for hydroxylation is 3. The molecule has 0 aliphatic carbocycles. The van der Waals surface area contributed by atoms with Gasteiger partial charge in [-0.05, 0) is 36.6 Å². The van der Waals surface area contributed by atoms with Crippen LogP contribution in [0.25, 0.3) is 22.4 Å². The maximum atomic E-state index is 6.28. The Hall–Kier alpha value is -3.25. The van der Waals surface area contributed by atoms with Crippen molar-refractivity contribution in [1.29, 1.82) is 0 Å². The number of nitrogens with zero attached hydrogens (tertiary/aromatic N) is 6. The Balaban J connectivity index is 1.52. The fraction of sp³-hybridized carbons (Fsp3) is 0.143. The maximum Gasteiger partial charge on any atom is 0.170 e. The third-order valence-electron chi connectivity index (χ3n) is 4.83. The second-order valence-electron chi connectivity index (χ2n) is 6.75. The van der Waals surface area contributed by atoms with Gasteiger partial charge >= 0.3 is 0 Å². The first-order valence-corrected chi connectivity index (χ1v) is 9.45. The lowest BCUT2D eigenvalue weighted by Crippen LogP contribution is -1.99. The molecule has 5 rings (SSSR count). The lowest BCUT2D eigenvalue weighted by molar-refractivity contribution is 0.826. The highest BCUT2D eigenvalue weighted by atomic mass is 35.5. The smallest absolute Gasteiger partial charge is 0.170 e. The van der Waals surface area contributed by atoms with E-state index in [0.717, 1.165) is 46.6 Å². The highest BCUT2D eigenvalue weighted by Crippen LogP contribution is 2.23. The van der Waals surface area contributed by atoms with Gasteiger partial charge in [-0.25, -0.2) is 19.2 Å². The van der Waals surface area contributed by atoms with Gasteiger partial charge in [-0.1, -0.05) is 48.0 Å². The van der Waals surface area contributed by atoms with Crippen LogP contribution in [-0.4, -0.2) is 29.4 Å². The van der Waals surface area contributed by atoms with Crippen LogP contribution in [0.4, 0.5) is 0 Å². The van der Waals surface area contributed by atoms with E-state index in [1.54, 1.807) is 21.7 Å². The van der Waals surface area contributed by atoms with Gasteiger partial charge in [0.15, 0.2) is 17.1 Å². The van der Waals surface area contributed by atoms with Crippen LogP contribution in [0.5, 0.6) is 0 Å².